The second-order valence-electron chi connectivity index (χ2n) is 5.89. The summed E-state index contributed by atoms with van der Waals surface area (Å²) in [5, 5.41) is 3.07. The van der Waals surface area contributed by atoms with Crippen LogP contribution in [0.2, 0.25) is 0 Å². The summed E-state index contributed by atoms with van der Waals surface area (Å²) in [5.74, 6) is 2.48. The van der Waals surface area contributed by atoms with Crippen LogP contribution in [0.1, 0.15) is 19.8 Å². The molecule has 0 radical (unpaired) electrons. The lowest BCUT2D eigenvalue weighted by atomic mass is 9.56. The molecule has 3 aliphatic rings. The van der Waals surface area contributed by atoms with Crippen LogP contribution in [-0.4, -0.2) is 43.3 Å². The van der Waals surface area contributed by atoms with E-state index in [4.69, 9.17) is 4.74 Å². The van der Waals surface area contributed by atoms with Gasteiger partial charge in [-0.05, 0) is 31.7 Å². The zero-order valence-electron chi connectivity index (χ0n) is 11.9. The molecule has 1 aromatic rings. The zero-order valence-corrected chi connectivity index (χ0v) is 11.9. The maximum atomic E-state index is 5.58. The molecule has 1 saturated carbocycles. The summed E-state index contributed by atoms with van der Waals surface area (Å²) < 4.78 is 5.58. The minimum atomic E-state index is 0.302. The van der Waals surface area contributed by atoms with Gasteiger partial charge >= 0.3 is 0 Å². The number of hydrogen-bond donors (Lipinski definition) is 1. The third-order valence-corrected chi connectivity index (χ3v) is 4.77. The van der Waals surface area contributed by atoms with Gasteiger partial charge in [0.15, 0.2) is 0 Å². The average molecular weight is 262 g/mol. The third kappa shape index (κ3) is 2.06. The van der Waals surface area contributed by atoms with Crippen molar-refractivity contribution in [3.8, 4) is 0 Å². The van der Waals surface area contributed by atoms with Crippen molar-refractivity contribution in [1.82, 2.24) is 9.97 Å². The first-order valence-corrected chi connectivity index (χ1v) is 6.95. The Morgan fingerprint density at radius 3 is 3.00 bits per heavy atom. The van der Waals surface area contributed by atoms with Crippen LogP contribution in [0.25, 0.3) is 0 Å². The van der Waals surface area contributed by atoms with Crippen LogP contribution >= 0.6 is 0 Å². The van der Waals surface area contributed by atoms with Gasteiger partial charge in [0.25, 0.3) is 0 Å². The van der Waals surface area contributed by atoms with E-state index < -0.39 is 0 Å². The van der Waals surface area contributed by atoms with Crippen molar-refractivity contribution in [2.45, 2.75) is 25.9 Å². The molecule has 3 heterocycles. The quantitative estimate of drug-likeness (QED) is 0.896. The summed E-state index contributed by atoms with van der Waals surface area (Å²) in [6.45, 7) is 4.27. The number of aromatic nitrogens is 2. The number of piperidine rings is 2. The molecule has 0 spiro atoms. The Morgan fingerprint density at radius 2 is 2.32 bits per heavy atom. The van der Waals surface area contributed by atoms with E-state index in [0.717, 1.165) is 30.8 Å². The molecule has 1 atom stereocenters. The highest BCUT2D eigenvalue weighted by Gasteiger charge is 2.53. The van der Waals surface area contributed by atoms with Crippen LogP contribution in [0.5, 0.6) is 0 Å². The molecule has 1 aromatic heterocycles. The number of nitrogens with one attached hydrogen (secondary N) is 1. The minimum Gasteiger partial charge on any atom is -0.381 e. The molecule has 2 aliphatic heterocycles. The second kappa shape index (κ2) is 4.63. The summed E-state index contributed by atoms with van der Waals surface area (Å²) in [5.41, 5.74) is 0.302. The molecule has 4 rings (SSSR count). The molecule has 3 fully saturated rings. The van der Waals surface area contributed by atoms with Gasteiger partial charge in [0.05, 0.1) is 6.10 Å². The van der Waals surface area contributed by atoms with Crippen LogP contribution < -0.4 is 10.2 Å². The summed E-state index contributed by atoms with van der Waals surface area (Å²) >= 11 is 0. The number of methoxy groups -OCH3 is 1. The molecule has 0 amide bonds. The van der Waals surface area contributed by atoms with Gasteiger partial charge in [0, 0.05) is 38.9 Å². The van der Waals surface area contributed by atoms with E-state index in [9.17, 15) is 0 Å². The molecular formula is C14H22N4O. The lowest BCUT2D eigenvalue weighted by Crippen LogP contribution is -2.61. The van der Waals surface area contributed by atoms with Gasteiger partial charge < -0.3 is 15.0 Å². The second-order valence-corrected chi connectivity index (χ2v) is 5.89. The summed E-state index contributed by atoms with van der Waals surface area (Å²) in [4.78, 5) is 11.3. The zero-order chi connectivity index (χ0) is 13.5. The van der Waals surface area contributed by atoms with Gasteiger partial charge in [-0.15, -0.1) is 0 Å². The van der Waals surface area contributed by atoms with Crippen molar-refractivity contribution in [3.63, 3.8) is 0 Å². The molecule has 19 heavy (non-hydrogen) atoms. The topological polar surface area (TPSA) is 50.3 Å². The third-order valence-electron chi connectivity index (χ3n) is 4.77. The van der Waals surface area contributed by atoms with E-state index in [0.29, 0.717) is 11.5 Å². The maximum Gasteiger partial charge on any atom is 0.227 e. The minimum absolute atomic E-state index is 0.302. The number of nitrogens with zero attached hydrogens (tertiary/aromatic N) is 3. The average Bonchev–Trinajstić information content (AvgIpc) is 2.45. The van der Waals surface area contributed by atoms with E-state index >= 15 is 0 Å². The molecule has 1 N–H and O–H groups in total. The fourth-order valence-corrected chi connectivity index (χ4v) is 3.61. The Labute approximate surface area is 114 Å². The van der Waals surface area contributed by atoms with Crippen molar-refractivity contribution in [2.75, 3.05) is 37.5 Å². The van der Waals surface area contributed by atoms with Crippen molar-refractivity contribution < 1.29 is 4.74 Å². The first-order valence-electron chi connectivity index (χ1n) is 6.95. The van der Waals surface area contributed by atoms with Crippen LogP contribution in [0.3, 0.4) is 0 Å². The first kappa shape index (κ1) is 12.7. The highest BCUT2D eigenvalue weighted by molar-refractivity contribution is 5.42. The van der Waals surface area contributed by atoms with Gasteiger partial charge in [-0.3, -0.25) is 0 Å². The largest absolute Gasteiger partial charge is 0.381 e. The van der Waals surface area contributed by atoms with E-state index in [1.807, 2.05) is 26.4 Å². The predicted molar refractivity (Wildman–Crippen MR) is 75.4 cm³/mol. The van der Waals surface area contributed by atoms with E-state index in [1.54, 1.807) is 0 Å². The van der Waals surface area contributed by atoms with Crippen molar-refractivity contribution in [2.24, 2.45) is 11.3 Å². The van der Waals surface area contributed by atoms with Gasteiger partial charge in [-0.25, -0.2) is 4.98 Å². The van der Waals surface area contributed by atoms with Crippen molar-refractivity contribution >= 4 is 11.8 Å². The number of fused-ring (bicyclic) bond motifs is 2. The Hall–Kier alpha value is -1.36. The van der Waals surface area contributed by atoms with Crippen molar-refractivity contribution in [3.05, 3.63) is 12.3 Å². The Bertz CT molecular complexity index is 459. The fraction of sp³-hybridized carbons (Fsp3) is 0.714. The maximum absolute atomic E-state index is 5.58. The van der Waals surface area contributed by atoms with E-state index in [2.05, 4.69) is 27.1 Å². The summed E-state index contributed by atoms with van der Waals surface area (Å²) in [7, 11) is 3.69. The van der Waals surface area contributed by atoms with E-state index in [-0.39, 0.29) is 0 Å². The lowest BCUT2D eigenvalue weighted by Gasteiger charge is -2.58. The predicted octanol–water partition coefficient (Wildman–Crippen LogP) is 1.77. The number of ether oxygens (including phenoxy) is 1. The Morgan fingerprint density at radius 1 is 1.53 bits per heavy atom. The molecular weight excluding hydrogens is 240 g/mol. The normalized spacial score (nSPS) is 30.7. The van der Waals surface area contributed by atoms with Crippen LogP contribution in [0.15, 0.2) is 12.3 Å². The molecule has 0 aromatic carbocycles. The fourth-order valence-electron chi connectivity index (χ4n) is 3.61. The molecule has 2 saturated heterocycles. The molecule has 5 heteroatoms. The SMILES string of the molecule is CNc1ccnc(N2CC3CC(C(C)OC)(C3)C2)n1. The lowest BCUT2D eigenvalue weighted by molar-refractivity contribution is -0.0902. The monoisotopic (exact) mass is 262 g/mol. The molecule has 1 aliphatic carbocycles. The van der Waals surface area contributed by atoms with E-state index in [1.165, 1.54) is 12.8 Å². The molecule has 104 valence electrons. The molecule has 5 nitrogen and oxygen atoms in total. The van der Waals surface area contributed by atoms with Crippen molar-refractivity contribution in [1.29, 1.82) is 0 Å². The Kier molecular flexibility index (Phi) is 3.09. The molecule has 2 bridgehead atoms. The summed E-state index contributed by atoms with van der Waals surface area (Å²) in [6.07, 6.45) is 4.69. The van der Waals surface area contributed by atoms with Crippen LogP contribution in [0.4, 0.5) is 11.8 Å². The smallest absolute Gasteiger partial charge is 0.227 e. The molecule has 1 unspecified atom stereocenters. The van der Waals surface area contributed by atoms with Crippen LogP contribution in [-0.2, 0) is 4.74 Å². The number of anilines is 2. The van der Waals surface area contributed by atoms with Gasteiger partial charge in [-0.1, -0.05) is 0 Å². The van der Waals surface area contributed by atoms with Gasteiger partial charge in [0.1, 0.15) is 5.82 Å². The highest BCUT2D eigenvalue weighted by atomic mass is 16.5. The number of hydrogen-bond acceptors (Lipinski definition) is 5. The van der Waals surface area contributed by atoms with Gasteiger partial charge in [-0.2, -0.15) is 4.98 Å². The summed E-state index contributed by atoms with van der Waals surface area (Å²) in [6, 6.07) is 1.89. The standard InChI is InChI=1S/C14H22N4O/c1-10(19-3)14-6-11(7-14)8-18(9-14)13-16-5-4-12(15-2)17-13/h4-5,10-11H,6-9H2,1-3H3,(H,15,16,17). The Balaban J connectivity index is 1.79. The number of rotatable bonds is 4. The first-order chi connectivity index (χ1) is 9.16. The van der Waals surface area contributed by atoms with Gasteiger partial charge in [0.2, 0.25) is 5.95 Å². The highest BCUT2D eigenvalue weighted by Crippen LogP contribution is 2.53. The van der Waals surface area contributed by atoms with Crippen LogP contribution in [0, 0.1) is 11.3 Å².